The molecule has 78 valence electrons. The van der Waals surface area contributed by atoms with E-state index in [0.717, 1.165) is 13.1 Å². The maximum Gasteiger partial charge on any atom is 0.0349 e. The van der Waals surface area contributed by atoms with E-state index in [-0.39, 0.29) is 0 Å². The predicted molar refractivity (Wildman–Crippen MR) is 69.8 cm³/mol. The quantitative estimate of drug-likeness (QED) is 0.781. The van der Waals surface area contributed by atoms with Crippen LogP contribution in [0, 0.1) is 0 Å². The zero-order valence-electron chi connectivity index (χ0n) is 8.35. The van der Waals surface area contributed by atoms with E-state index in [0.29, 0.717) is 0 Å². The van der Waals surface area contributed by atoms with Gasteiger partial charge in [-0.05, 0) is 55.1 Å². The van der Waals surface area contributed by atoms with Gasteiger partial charge in [-0.2, -0.15) is 0 Å². The molecule has 15 heavy (non-hydrogen) atoms. The van der Waals surface area contributed by atoms with E-state index in [1.165, 1.54) is 27.4 Å². The zero-order chi connectivity index (χ0) is 10.3. The zero-order valence-corrected chi connectivity index (χ0v) is 10.7. The van der Waals surface area contributed by atoms with Crippen LogP contribution in [0.2, 0.25) is 0 Å². The van der Waals surface area contributed by atoms with Crippen LogP contribution < -0.4 is 5.32 Å². The molecular weight excluding hydrogens is 270 g/mol. The Morgan fingerprint density at radius 3 is 3.00 bits per heavy atom. The highest BCUT2D eigenvalue weighted by molar-refractivity contribution is 9.10. The number of rotatable bonds is 0. The van der Waals surface area contributed by atoms with E-state index < -0.39 is 0 Å². The molecule has 1 N–H and O–H groups in total. The second-order valence-electron chi connectivity index (χ2n) is 3.89. The summed E-state index contributed by atoms with van der Waals surface area (Å²) in [6, 6.07) is 6.62. The van der Waals surface area contributed by atoms with Crippen molar-refractivity contribution in [2.75, 3.05) is 13.1 Å². The lowest BCUT2D eigenvalue weighted by atomic mass is 10.1. The summed E-state index contributed by atoms with van der Waals surface area (Å²) in [4.78, 5) is 1.58. The maximum atomic E-state index is 3.55. The third-order valence-electron chi connectivity index (χ3n) is 2.92. The Bertz CT molecular complexity index is 504. The fourth-order valence-electron chi connectivity index (χ4n) is 2.19. The second-order valence-corrected chi connectivity index (χ2v) is 5.95. The van der Waals surface area contributed by atoms with Gasteiger partial charge in [0.2, 0.25) is 0 Å². The van der Waals surface area contributed by atoms with Gasteiger partial charge >= 0.3 is 0 Å². The molecule has 0 amide bonds. The lowest BCUT2D eigenvalue weighted by molar-refractivity contribution is 0.712. The minimum absolute atomic E-state index is 1.12. The average Bonchev–Trinajstić information content (AvgIpc) is 2.44. The van der Waals surface area contributed by atoms with Gasteiger partial charge in [0.25, 0.3) is 0 Å². The molecule has 0 unspecified atom stereocenters. The van der Waals surface area contributed by atoms with Crippen LogP contribution >= 0.6 is 27.3 Å². The molecule has 1 aliphatic heterocycles. The van der Waals surface area contributed by atoms with Gasteiger partial charge in [0.05, 0.1) is 0 Å². The maximum absolute atomic E-state index is 3.55. The van der Waals surface area contributed by atoms with Crippen molar-refractivity contribution in [2.45, 2.75) is 12.8 Å². The molecule has 0 saturated carbocycles. The van der Waals surface area contributed by atoms with Crippen molar-refractivity contribution in [3.63, 3.8) is 0 Å². The number of benzene rings is 1. The Hall–Kier alpha value is -0.380. The van der Waals surface area contributed by atoms with Crippen LogP contribution in [0.4, 0.5) is 0 Å². The first-order valence-corrected chi connectivity index (χ1v) is 6.86. The van der Waals surface area contributed by atoms with Crippen LogP contribution in [0.1, 0.15) is 10.4 Å². The Morgan fingerprint density at radius 2 is 2.07 bits per heavy atom. The molecule has 0 bridgehead atoms. The summed E-state index contributed by atoms with van der Waals surface area (Å²) in [6.45, 7) is 2.24. The molecule has 2 aromatic rings. The third kappa shape index (κ3) is 1.73. The summed E-state index contributed by atoms with van der Waals surface area (Å²) in [5.41, 5.74) is 1.57. The molecule has 0 aliphatic carbocycles. The van der Waals surface area contributed by atoms with Crippen LogP contribution in [-0.2, 0) is 12.8 Å². The standard InChI is InChI=1S/C12H12BrNS/c13-8-1-2-11-10(7-8)9-3-5-14-6-4-12(9)15-11/h1-2,7,14H,3-6H2. The molecule has 0 spiro atoms. The van der Waals surface area contributed by atoms with Gasteiger partial charge in [0.1, 0.15) is 0 Å². The van der Waals surface area contributed by atoms with E-state index in [4.69, 9.17) is 0 Å². The van der Waals surface area contributed by atoms with E-state index in [1.54, 1.807) is 10.4 Å². The van der Waals surface area contributed by atoms with Crippen molar-refractivity contribution in [1.82, 2.24) is 5.32 Å². The van der Waals surface area contributed by atoms with Gasteiger partial charge in [-0.3, -0.25) is 0 Å². The summed E-state index contributed by atoms with van der Waals surface area (Å²) in [5, 5.41) is 4.91. The summed E-state index contributed by atoms with van der Waals surface area (Å²) in [6.07, 6.45) is 2.36. The number of nitrogens with one attached hydrogen (secondary N) is 1. The molecule has 1 aromatic carbocycles. The smallest absolute Gasteiger partial charge is 0.0349 e. The van der Waals surface area contributed by atoms with E-state index >= 15 is 0 Å². The number of hydrogen-bond acceptors (Lipinski definition) is 2. The van der Waals surface area contributed by atoms with Crippen molar-refractivity contribution in [3.05, 3.63) is 33.1 Å². The van der Waals surface area contributed by atoms with Crippen molar-refractivity contribution in [3.8, 4) is 0 Å². The monoisotopic (exact) mass is 281 g/mol. The summed E-state index contributed by atoms with van der Waals surface area (Å²) < 4.78 is 2.62. The molecule has 0 atom stereocenters. The first-order chi connectivity index (χ1) is 7.34. The molecule has 2 heterocycles. The van der Waals surface area contributed by atoms with Gasteiger partial charge in [-0.15, -0.1) is 11.3 Å². The van der Waals surface area contributed by atoms with Crippen molar-refractivity contribution in [2.24, 2.45) is 0 Å². The second kappa shape index (κ2) is 3.89. The molecule has 3 heteroatoms. The lowest BCUT2D eigenvalue weighted by Crippen LogP contribution is -2.16. The largest absolute Gasteiger partial charge is 0.316 e. The van der Waals surface area contributed by atoms with Gasteiger partial charge in [-0.25, -0.2) is 0 Å². The van der Waals surface area contributed by atoms with E-state index in [2.05, 4.69) is 39.4 Å². The molecule has 0 fully saturated rings. The molecular formula is C12H12BrNS. The topological polar surface area (TPSA) is 12.0 Å². The Labute approximate surface area is 102 Å². The highest BCUT2D eigenvalue weighted by atomic mass is 79.9. The van der Waals surface area contributed by atoms with Crippen LogP contribution in [-0.4, -0.2) is 13.1 Å². The van der Waals surface area contributed by atoms with E-state index in [9.17, 15) is 0 Å². The molecule has 1 aliphatic rings. The molecule has 1 nitrogen and oxygen atoms in total. The summed E-state index contributed by atoms with van der Waals surface area (Å²) >= 11 is 5.51. The molecule has 1 aromatic heterocycles. The minimum atomic E-state index is 1.12. The molecule has 3 rings (SSSR count). The van der Waals surface area contributed by atoms with E-state index in [1.807, 2.05) is 11.3 Å². The Morgan fingerprint density at radius 1 is 1.20 bits per heavy atom. The van der Waals surface area contributed by atoms with Gasteiger partial charge in [0, 0.05) is 14.0 Å². The van der Waals surface area contributed by atoms with Crippen molar-refractivity contribution >= 4 is 37.4 Å². The fourth-order valence-corrected chi connectivity index (χ4v) is 3.78. The van der Waals surface area contributed by atoms with Crippen LogP contribution in [0.25, 0.3) is 10.1 Å². The highest BCUT2D eigenvalue weighted by Gasteiger charge is 2.14. The number of halogens is 1. The molecule has 0 saturated heterocycles. The minimum Gasteiger partial charge on any atom is -0.316 e. The van der Waals surface area contributed by atoms with Crippen molar-refractivity contribution in [1.29, 1.82) is 0 Å². The van der Waals surface area contributed by atoms with Crippen LogP contribution in [0.3, 0.4) is 0 Å². The Balaban J connectivity index is 2.24. The van der Waals surface area contributed by atoms with Gasteiger partial charge < -0.3 is 5.32 Å². The summed E-state index contributed by atoms with van der Waals surface area (Å²) in [7, 11) is 0. The first kappa shape index (κ1) is 9.82. The Kier molecular flexibility index (Phi) is 2.54. The first-order valence-electron chi connectivity index (χ1n) is 5.25. The van der Waals surface area contributed by atoms with Crippen LogP contribution in [0.5, 0.6) is 0 Å². The number of hydrogen-bond donors (Lipinski definition) is 1. The highest BCUT2D eigenvalue weighted by Crippen LogP contribution is 2.34. The summed E-state index contributed by atoms with van der Waals surface area (Å²) in [5.74, 6) is 0. The van der Waals surface area contributed by atoms with Gasteiger partial charge in [0.15, 0.2) is 0 Å². The van der Waals surface area contributed by atoms with Crippen LogP contribution in [0.15, 0.2) is 22.7 Å². The fraction of sp³-hybridized carbons (Fsp3) is 0.333. The normalized spacial score (nSPS) is 16.3. The van der Waals surface area contributed by atoms with Crippen molar-refractivity contribution < 1.29 is 0 Å². The number of thiophene rings is 1. The molecule has 0 radical (unpaired) electrons. The van der Waals surface area contributed by atoms with Gasteiger partial charge in [-0.1, -0.05) is 15.9 Å². The SMILES string of the molecule is Brc1ccc2sc3c(c2c1)CCNCC3. The number of fused-ring (bicyclic) bond motifs is 3. The average molecular weight is 282 g/mol. The lowest BCUT2D eigenvalue weighted by Gasteiger charge is -1.98. The third-order valence-corrected chi connectivity index (χ3v) is 4.68. The predicted octanol–water partition coefficient (Wildman–Crippen LogP) is 3.35.